The molecule has 0 radical (unpaired) electrons. The van der Waals surface area contributed by atoms with Crippen molar-refractivity contribution in [3.63, 3.8) is 0 Å². The highest BCUT2D eigenvalue weighted by Crippen LogP contribution is 2.24. The molecule has 1 atom stereocenters. The predicted molar refractivity (Wildman–Crippen MR) is 77.2 cm³/mol. The summed E-state index contributed by atoms with van der Waals surface area (Å²) in [4.78, 5) is 8.00. The fourth-order valence-electron chi connectivity index (χ4n) is 2.41. The van der Waals surface area contributed by atoms with Crippen molar-refractivity contribution in [2.45, 2.75) is 12.5 Å². The van der Waals surface area contributed by atoms with E-state index in [-0.39, 0.29) is 6.04 Å². The average Bonchev–Trinajstić information content (AvgIpc) is 2.83. The minimum atomic E-state index is -0.548. The summed E-state index contributed by atoms with van der Waals surface area (Å²) in [6, 6.07) is 3.92. The molecule has 1 saturated heterocycles. The van der Waals surface area contributed by atoms with Gasteiger partial charge in [-0.3, -0.25) is 4.99 Å². The van der Waals surface area contributed by atoms with Crippen molar-refractivity contribution >= 4 is 11.6 Å². The Bertz CT molecular complexity index is 502. The van der Waals surface area contributed by atoms with E-state index >= 15 is 0 Å². The van der Waals surface area contributed by atoms with Gasteiger partial charge in [-0.1, -0.05) is 0 Å². The molecule has 2 rings (SSSR count). The van der Waals surface area contributed by atoms with Crippen LogP contribution >= 0.6 is 0 Å². The van der Waals surface area contributed by atoms with Gasteiger partial charge < -0.3 is 15.1 Å². The van der Waals surface area contributed by atoms with Crippen LogP contribution in [-0.4, -0.2) is 51.1 Å². The first-order chi connectivity index (χ1) is 9.51. The summed E-state index contributed by atoms with van der Waals surface area (Å²) in [5.41, 5.74) is 0.454. The number of anilines is 1. The van der Waals surface area contributed by atoms with E-state index in [4.69, 9.17) is 0 Å². The molecule has 1 aliphatic heterocycles. The van der Waals surface area contributed by atoms with Crippen molar-refractivity contribution in [2.75, 3.05) is 39.1 Å². The number of guanidine groups is 1. The van der Waals surface area contributed by atoms with E-state index in [1.54, 1.807) is 7.05 Å². The number of rotatable bonds is 2. The number of hydrogen-bond donors (Lipinski definition) is 1. The second-order valence-electron chi connectivity index (χ2n) is 5.11. The molecule has 1 aromatic rings. The van der Waals surface area contributed by atoms with Crippen LogP contribution in [0, 0.1) is 11.6 Å². The van der Waals surface area contributed by atoms with Crippen molar-refractivity contribution < 1.29 is 8.78 Å². The van der Waals surface area contributed by atoms with E-state index in [0.29, 0.717) is 12.2 Å². The summed E-state index contributed by atoms with van der Waals surface area (Å²) in [5, 5.41) is 3.33. The molecule has 6 heteroatoms. The molecule has 20 heavy (non-hydrogen) atoms. The Balaban J connectivity index is 2.02. The first kappa shape index (κ1) is 14.6. The lowest BCUT2D eigenvalue weighted by molar-refractivity contribution is 0.548. The highest BCUT2D eigenvalue weighted by Gasteiger charge is 2.25. The lowest BCUT2D eigenvalue weighted by Gasteiger charge is -2.23. The van der Waals surface area contributed by atoms with Gasteiger partial charge >= 0.3 is 0 Å². The molecule has 0 bridgehead atoms. The summed E-state index contributed by atoms with van der Waals surface area (Å²) >= 11 is 0. The van der Waals surface area contributed by atoms with E-state index in [1.165, 1.54) is 12.1 Å². The number of halogens is 2. The number of nitrogens with zero attached hydrogens (tertiary/aromatic N) is 3. The Morgan fingerprint density at radius 1 is 1.40 bits per heavy atom. The molecular weight excluding hydrogens is 262 g/mol. The third-order valence-electron chi connectivity index (χ3n) is 3.41. The molecule has 1 aromatic carbocycles. The fraction of sp³-hybridized carbons (Fsp3) is 0.500. The Kier molecular flexibility index (Phi) is 4.42. The van der Waals surface area contributed by atoms with Crippen molar-refractivity contribution in [3.8, 4) is 0 Å². The number of benzene rings is 1. The summed E-state index contributed by atoms with van der Waals surface area (Å²) < 4.78 is 26.7. The fourth-order valence-corrected chi connectivity index (χ4v) is 2.41. The summed E-state index contributed by atoms with van der Waals surface area (Å²) in [5.74, 6) is -0.257. The highest BCUT2D eigenvalue weighted by atomic mass is 19.1. The van der Waals surface area contributed by atoms with Crippen molar-refractivity contribution in [2.24, 2.45) is 4.99 Å². The van der Waals surface area contributed by atoms with Crippen molar-refractivity contribution in [3.05, 3.63) is 29.8 Å². The zero-order valence-corrected chi connectivity index (χ0v) is 12.0. The van der Waals surface area contributed by atoms with Gasteiger partial charge in [0.05, 0.1) is 5.69 Å². The largest absolute Gasteiger partial charge is 0.367 e. The summed E-state index contributed by atoms with van der Waals surface area (Å²) in [6.07, 6.45) is 0.893. The molecule has 0 aromatic heterocycles. The number of nitrogens with one attached hydrogen (secondary N) is 1. The molecule has 0 saturated carbocycles. The molecule has 0 spiro atoms. The van der Waals surface area contributed by atoms with Crippen LogP contribution in [0.1, 0.15) is 6.42 Å². The molecule has 0 amide bonds. The van der Waals surface area contributed by atoms with Crippen molar-refractivity contribution in [1.82, 2.24) is 10.2 Å². The second-order valence-corrected chi connectivity index (χ2v) is 5.11. The monoisotopic (exact) mass is 282 g/mol. The van der Waals surface area contributed by atoms with E-state index in [9.17, 15) is 8.78 Å². The van der Waals surface area contributed by atoms with Crippen LogP contribution in [0.3, 0.4) is 0 Å². The van der Waals surface area contributed by atoms with Gasteiger partial charge in [-0.2, -0.15) is 0 Å². The third kappa shape index (κ3) is 3.18. The van der Waals surface area contributed by atoms with Gasteiger partial charge in [0.1, 0.15) is 11.6 Å². The smallest absolute Gasteiger partial charge is 0.193 e. The molecule has 1 aliphatic rings. The SMILES string of the molecule is CN=C(NC1CCN(c2ccc(F)cc2F)C1)N(C)C. The molecule has 1 unspecified atom stereocenters. The Labute approximate surface area is 118 Å². The van der Waals surface area contributed by atoms with E-state index < -0.39 is 11.6 Å². The maximum absolute atomic E-state index is 13.8. The molecule has 0 aliphatic carbocycles. The van der Waals surface area contributed by atoms with Crippen LogP contribution in [0.5, 0.6) is 0 Å². The van der Waals surface area contributed by atoms with E-state index in [2.05, 4.69) is 10.3 Å². The Morgan fingerprint density at radius 2 is 2.15 bits per heavy atom. The number of aliphatic imine (C=N–C) groups is 1. The maximum Gasteiger partial charge on any atom is 0.193 e. The topological polar surface area (TPSA) is 30.9 Å². The molecule has 4 nitrogen and oxygen atoms in total. The van der Waals surface area contributed by atoms with Crippen LogP contribution in [-0.2, 0) is 0 Å². The summed E-state index contributed by atoms with van der Waals surface area (Å²) in [7, 11) is 5.57. The van der Waals surface area contributed by atoms with Gasteiger partial charge in [0.15, 0.2) is 5.96 Å². The lowest BCUT2D eigenvalue weighted by atomic mass is 10.2. The standard InChI is InChI=1S/C14H20F2N4/c1-17-14(19(2)3)18-11-6-7-20(9-11)13-5-4-10(15)8-12(13)16/h4-5,8,11H,6-7,9H2,1-3H3,(H,17,18). The minimum Gasteiger partial charge on any atom is -0.367 e. The van der Waals surface area contributed by atoms with E-state index in [0.717, 1.165) is 25.0 Å². The van der Waals surface area contributed by atoms with Gasteiger partial charge in [-0.15, -0.1) is 0 Å². The van der Waals surface area contributed by atoms with Crippen molar-refractivity contribution in [1.29, 1.82) is 0 Å². The predicted octanol–water partition coefficient (Wildman–Crippen LogP) is 1.68. The quantitative estimate of drug-likeness (QED) is 0.661. The van der Waals surface area contributed by atoms with Gasteiger partial charge in [0.25, 0.3) is 0 Å². The van der Waals surface area contributed by atoms with Crippen LogP contribution in [0.2, 0.25) is 0 Å². The average molecular weight is 282 g/mol. The second kappa shape index (κ2) is 6.07. The first-order valence-corrected chi connectivity index (χ1v) is 6.62. The molecule has 1 N–H and O–H groups in total. The first-order valence-electron chi connectivity index (χ1n) is 6.62. The molecule has 1 fully saturated rings. The van der Waals surface area contributed by atoms with E-state index in [1.807, 2.05) is 23.9 Å². The Morgan fingerprint density at radius 3 is 2.75 bits per heavy atom. The Hall–Kier alpha value is -1.85. The van der Waals surface area contributed by atoms with Crippen LogP contribution in [0.25, 0.3) is 0 Å². The minimum absolute atomic E-state index is 0.209. The van der Waals surface area contributed by atoms with Crippen LogP contribution < -0.4 is 10.2 Å². The van der Waals surface area contributed by atoms with Gasteiger partial charge in [-0.25, -0.2) is 8.78 Å². The summed E-state index contributed by atoms with van der Waals surface area (Å²) in [6.45, 7) is 1.42. The van der Waals surface area contributed by atoms with Gasteiger partial charge in [0, 0.05) is 46.3 Å². The van der Waals surface area contributed by atoms with Gasteiger partial charge in [0.2, 0.25) is 0 Å². The van der Waals surface area contributed by atoms with Gasteiger partial charge in [-0.05, 0) is 18.6 Å². The molecular formula is C14H20F2N4. The zero-order chi connectivity index (χ0) is 14.7. The normalized spacial score (nSPS) is 19.4. The number of hydrogen-bond acceptors (Lipinski definition) is 2. The molecule has 110 valence electrons. The van der Waals surface area contributed by atoms with Crippen LogP contribution in [0.4, 0.5) is 14.5 Å². The molecule has 1 heterocycles. The van der Waals surface area contributed by atoms with Crippen LogP contribution in [0.15, 0.2) is 23.2 Å². The lowest BCUT2D eigenvalue weighted by Crippen LogP contribution is -2.44. The highest BCUT2D eigenvalue weighted by molar-refractivity contribution is 5.79. The zero-order valence-electron chi connectivity index (χ0n) is 12.0. The maximum atomic E-state index is 13.8. The third-order valence-corrected chi connectivity index (χ3v) is 3.41.